The molecule has 90 valence electrons. The molecule has 0 saturated heterocycles. The van der Waals surface area contributed by atoms with Crippen molar-refractivity contribution in [1.82, 2.24) is 9.78 Å². The standard InChI is InChI=1S/C16H16N2/c1-12-8-9-16-15(10-12)13(2)17-18(16)11-14-6-4-3-5-7-14/h3-10H,11H2,1-2H3. The fourth-order valence-electron chi connectivity index (χ4n) is 2.33. The van der Waals surface area contributed by atoms with Crippen LogP contribution in [0.2, 0.25) is 0 Å². The summed E-state index contributed by atoms with van der Waals surface area (Å²) >= 11 is 0. The Kier molecular flexibility index (Phi) is 2.63. The molecule has 0 unspecified atom stereocenters. The lowest BCUT2D eigenvalue weighted by Gasteiger charge is -2.03. The first-order chi connectivity index (χ1) is 8.74. The van der Waals surface area contributed by atoms with Crippen molar-refractivity contribution in [3.8, 4) is 0 Å². The van der Waals surface area contributed by atoms with E-state index < -0.39 is 0 Å². The van der Waals surface area contributed by atoms with Crippen molar-refractivity contribution in [3.63, 3.8) is 0 Å². The highest BCUT2D eigenvalue weighted by Crippen LogP contribution is 2.20. The van der Waals surface area contributed by atoms with Gasteiger partial charge in [-0.1, -0.05) is 42.0 Å². The van der Waals surface area contributed by atoms with Crippen molar-refractivity contribution in [2.45, 2.75) is 20.4 Å². The molecule has 0 N–H and O–H groups in total. The van der Waals surface area contributed by atoms with E-state index in [0.29, 0.717) is 0 Å². The van der Waals surface area contributed by atoms with Gasteiger partial charge >= 0.3 is 0 Å². The predicted molar refractivity (Wildman–Crippen MR) is 74.8 cm³/mol. The molecule has 0 aliphatic rings. The minimum Gasteiger partial charge on any atom is -0.260 e. The molecule has 2 heteroatoms. The van der Waals surface area contributed by atoms with Crippen LogP contribution in [-0.4, -0.2) is 9.78 Å². The molecule has 2 aromatic carbocycles. The lowest BCUT2D eigenvalue weighted by atomic mass is 10.1. The SMILES string of the molecule is Cc1ccc2c(c1)c(C)nn2Cc1ccccc1. The first-order valence-electron chi connectivity index (χ1n) is 6.22. The van der Waals surface area contributed by atoms with E-state index in [1.54, 1.807) is 0 Å². The lowest BCUT2D eigenvalue weighted by Crippen LogP contribution is -2.01. The van der Waals surface area contributed by atoms with Gasteiger partial charge in [-0.3, -0.25) is 4.68 Å². The third kappa shape index (κ3) is 1.90. The van der Waals surface area contributed by atoms with Crippen LogP contribution < -0.4 is 0 Å². The highest BCUT2D eigenvalue weighted by molar-refractivity contribution is 5.82. The lowest BCUT2D eigenvalue weighted by molar-refractivity contribution is 0.703. The Balaban J connectivity index is 2.08. The van der Waals surface area contributed by atoms with E-state index >= 15 is 0 Å². The molecule has 3 aromatic rings. The van der Waals surface area contributed by atoms with E-state index in [9.17, 15) is 0 Å². The van der Waals surface area contributed by atoms with Crippen molar-refractivity contribution < 1.29 is 0 Å². The van der Waals surface area contributed by atoms with Crippen LogP contribution in [0, 0.1) is 13.8 Å². The molecule has 0 atom stereocenters. The van der Waals surface area contributed by atoms with Crippen molar-refractivity contribution in [3.05, 3.63) is 65.4 Å². The summed E-state index contributed by atoms with van der Waals surface area (Å²) in [6, 6.07) is 17.0. The minimum absolute atomic E-state index is 0.828. The Morgan fingerprint density at radius 1 is 1.00 bits per heavy atom. The van der Waals surface area contributed by atoms with Crippen LogP contribution in [0.15, 0.2) is 48.5 Å². The van der Waals surface area contributed by atoms with Crippen LogP contribution >= 0.6 is 0 Å². The number of fused-ring (bicyclic) bond motifs is 1. The largest absolute Gasteiger partial charge is 0.260 e. The fourth-order valence-corrected chi connectivity index (χ4v) is 2.33. The summed E-state index contributed by atoms with van der Waals surface area (Å²) in [5, 5.41) is 5.90. The van der Waals surface area contributed by atoms with Gasteiger partial charge in [-0.2, -0.15) is 5.10 Å². The van der Waals surface area contributed by atoms with E-state index in [0.717, 1.165) is 12.2 Å². The van der Waals surface area contributed by atoms with Crippen LogP contribution in [0.1, 0.15) is 16.8 Å². The van der Waals surface area contributed by atoms with Crippen molar-refractivity contribution in [1.29, 1.82) is 0 Å². The number of nitrogens with zero attached hydrogens (tertiary/aromatic N) is 2. The molecule has 0 aliphatic carbocycles. The monoisotopic (exact) mass is 236 g/mol. The summed E-state index contributed by atoms with van der Waals surface area (Å²) in [7, 11) is 0. The van der Waals surface area contributed by atoms with Gasteiger partial charge in [0.05, 0.1) is 17.8 Å². The molecule has 2 nitrogen and oxygen atoms in total. The number of benzene rings is 2. The minimum atomic E-state index is 0.828. The Bertz CT molecular complexity index is 681. The normalized spacial score (nSPS) is 11.0. The Hall–Kier alpha value is -2.09. The number of rotatable bonds is 2. The number of aryl methyl sites for hydroxylation is 2. The Morgan fingerprint density at radius 2 is 1.78 bits per heavy atom. The van der Waals surface area contributed by atoms with Gasteiger partial charge in [-0.05, 0) is 31.5 Å². The highest BCUT2D eigenvalue weighted by atomic mass is 15.3. The molecule has 1 heterocycles. The van der Waals surface area contributed by atoms with Crippen LogP contribution in [0.25, 0.3) is 10.9 Å². The van der Waals surface area contributed by atoms with E-state index in [2.05, 4.69) is 66.1 Å². The van der Waals surface area contributed by atoms with Crippen LogP contribution in [0.5, 0.6) is 0 Å². The van der Waals surface area contributed by atoms with Gasteiger partial charge in [-0.15, -0.1) is 0 Å². The molecular weight excluding hydrogens is 220 g/mol. The van der Waals surface area contributed by atoms with Crippen LogP contribution in [-0.2, 0) is 6.54 Å². The van der Waals surface area contributed by atoms with E-state index in [1.807, 2.05) is 6.07 Å². The molecule has 0 amide bonds. The maximum atomic E-state index is 4.64. The van der Waals surface area contributed by atoms with Crippen LogP contribution in [0.3, 0.4) is 0 Å². The quantitative estimate of drug-likeness (QED) is 0.663. The topological polar surface area (TPSA) is 17.8 Å². The average molecular weight is 236 g/mol. The van der Waals surface area contributed by atoms with Gasteiger partial charge in [0, 0.05) is 5.39 Å². The zero-order valence-electron chi connectivity index (χ0n) is 10.7. The Labute approximate surface area is 107 Å². The average Bonchev–Trinajstić information content (AvgIpc) is 2.67. The van der Waals surface area contributed by atoms with Crippen molar-refractivity contribution in [2.24, 2.45) is 0 Å². The van der Waals surface area contributed by atoms with E-state index in [1.165, 1.54) is 22.0 Å². The third-order valence-corrected chi connectivity index (χ3v) is 3.27. The first kappa shape index (κ1) is 11.0. The summed E-state index contributed by atoms with van der Waals surface area (Å²) < 4.78 is 2.08. The van der Waals surface area contributed by atoms with Crippen LogP contribution in [0.4, 0.5) is 0 Å². The number of hydrogen-bond donors (Lipinski definition) is 0. The molecule has 18 heavy (non-hydrogen) atoms. The van der Waals surface area contributed by atoms with Gasteiger partial charge in [0.1, 0.15) is 0 Å². The van der Waals surface area contributed by atoms with Crippen molar-refractivity contribution in [2.75, 3.05) is 0 Å². The summed E-state index contributed by atoms with van der Waals surface area (Å²) in [5.74, 6) is 0. The summed E-state index contributed by atoms with van der Waals surface area (Å²) in [6.07, 6.45) is 0. The number of aromatic nitrogens is 2. The maximum Gasteiger partial charge on any atom is 0.0689 e. The maximum absolute atomic E-state index is 4.64. The summed E-state index contributed by atoms with van der Waals surface area (Å²) in [4.78, 5) is 0. The first-order valence-corrected chi connectivity index (χ1v) is 6.22. The highest BCUT2D eigenvalue weighted by Gasteiger charge is 2.07. The number of hydrogen-bond acceptors (Lipinski definition) is 1. The molecule has 0 saturated carbocycles. The molecular formula is C16H16N2. The third-order valence-electron chi connectivity index (χ3n) is 3.27. The zero-order chi connectivity index (χ0) is 12.5. The molecule has 0 bridgehead atoms. The van der Waals surface area contributed by atoms with Gasteiger partial charge in [0.2, 0.25) is 0 Å². The van der Waals surface area contributed by atoms with E-state index in [4.69, 9.17) is 0 Å². The van der Waals surface area contributed by atoms with E-state index in [-0.39, 0.29) is 0 Å². The molecule has 0 fully saturated rings. The summed E-state index contributed by atoms with van der Waals surface area (Å²) in [5.41, 5.74) is 4.87. The molecule has 1 aromatic heterocycles. The van der Waals surface area contributed by atoms with Gasteiger partial charge in [-0.25, -0.2) is 0 Å². The zero-order valence-corrected chi connectivity index (χ0v) is 10.7. The second kappa shape index (κ2) is 4.30. The van der Waals surface area contributed by atoms with Crippen molar-refractivity contribution >= 4 is 10.9 Å². The molecule has 0 spiro atoms. The van der Waals surface area contributed by atoms with Gasteiger partial charge in [0.25, 0.3) is 0 Å². The molecule has 0 aliphatic heterocycles. The van der Waals surface area contributed by atoms with Gasteiger partial charge < -0.3 is 0 Å². The fraction of sp³-hybridized carbons (Fsp3) is 0.188. The smallest absolute Gasteiger partial charge is 0.0689 e. The predicted octanol–water partition coefficient (Wildman–Crippen LogP) is 3.70. The van der Waals surface area contributed by atoms with Gasteiger partial charge in [0.15, 0.2) is 0 Å². The molecule has 0 radical (unpaired) electrons. The second-order valence-corrected chi connectivity index (χ2v) is 4.75. The second-order valence-electron chi connectivity index (χ2n) is 4.75. The molecule has 3 rings (SSSR count). The Morgan fingerprint density at radius 3 is 2.56 bits per heavy atom. The summed E-state index contributed by atoms with van der Waals surface area (Å²) in [6.45, 7) is 5.02.